The number of hydrogen-bond acceptors (Lipinski definition) is 5. The molecular formula is C17H22N6O2. The summed E-state index contributed by atoms with van der Waals surface area (Å²) in [5, 5.41) is 9.77. The lowest BCUT2D eigenvalue weighted by Gasteiger charge is -2.31. The van der Waals surface area contributed by atoms with Gasteiger partial charge in [-0.3, -0.25) is 14.5 Å². The van der Waals surface area contributed by atoms with Crippen LogP contribution in [0.25, 0.3) is 5.69 Å². The molecule has 1 aliphatic heterocycles. The molecule has 25 heavy (non-hydrogen) atoms. The Labute approximate surface area is 146 Å². The van der Waals surface area contributed by atoms with Gasteiger partial charge in [0.1, 0.15) is 12.7 Å². The van der Waals surface area contributed by atoms with Crippen LogP contribution >= 0.6 is 0 Å². The first kappa shape index (κ1) is 17.1. The van der Waals surface area contributed by atoms with E-state index in [0.29, 0.717) is 12.1 Å². The summed E-state index contributed by atoms with van der Waals surface area (Å²) in [7, 11) is 1.64. The van der Waals surface area contributed by atoms with E-state index in [9.17, 15) is 9.59 Å². The minimum atomic E-state index is -0.0742. The number of likely N-dealkylation sites (N-methyl/N-ethyl adjacent to an activating group) is 1. The third kappa shape index (κ3) is 4.42. The lowest BCUT2D eigenvalue weighted by atomic mass is 10.0. The number of nitrogens with zero attached hydrogens (tertiary/aromatic N) is 4. The fourth-order valence-corrected chi connectivity index (χ4v) is 2.89. The van der Waals surface area contributed by atoms with Crippen molar-refractivity contribution in [3.8, 4) is 5.69 Å². The fourth-order valence-electron chi connectivity index (χ4n) is 2.89. The molecule has 1 aromatic heterocycles. The topological polar surface area (TPSA) is 92.2 Å². The number of piperidine rings is 1. The fraction of sp³-hybridized carbons (Fsp3) is 0.412. The maximum Gasteiger partial charge on any atom is 0.251 e. The molecule has 8 heteroatoms. The minimum absolute atomic E-state index is 0.0231. The number of carbonyl (C=O) groups is 2. The first-order valence-electron chi connectivity index (χ1n) is 8.34. The third-order valence-electron chi connectivity index (χ3n) is 4.38. The van der Waals surface area contributed by atoms with E-state index in [0.717, 1.165) is 31.6 Å². The quantitative estimate of drug-likeness (QED) is 0.810. The van der Waals surface area contributed by atoms with Gasteiger partial charge in [0, 0.05) is 31.7 Å². The van der Waals surface area contributed by atoms with E-state index >= 15 is 0 Å². The van der Waals surface area contributed by atoms with Crippen molar-refractivity contribution in [2.24, 2.45) is 0 Å². The molecule has 2 aromatic rings. The van der Waals surface area contributed by atoms with Gasteiger partial charge in [-0.1, -0.05) is 0 Å². The van der Waals surface area contributed by atoms with Crippen LogP contribution in [0.3, 0.4) is 0 Å². The average molecular weight is 342 g/mol. The van der Waals surface area contributed by atoms with Crippen LogP contribution in [0.1, 0.15) is 23.2 Å². The number of aromatic nitrogens is 3. The number of carbonyl (C=O) groups excluding carboxylic acids is 2. The maximum absolute atomic E-state index is 12.4. The normalized spacial score (nSPS) is 15.7. The largest absolute Gasteiger partial charge is 0.358 e. The molecule has 0 unspecified atom stereocenters. The van der Waals surface area contributed by atoms with Crippen molar-refractivity contribution in [1.82, 2.24) is 30.3 Å². The molecule has 0 bridgehead atoms. The van der Waals surface area contributed by atoms with Crippen molar-refractivity contribution in [2.75, 3.05) is 26.7 Å². The van der Waals surface area contributed by atoms with Crippen LogP contribution in [0.15, 0.2) is 36.9 Å². The van der Waals surface area contributed by atoms with Gasteiger partial charge >= 0.3 is 0 Å². The molecule has 0 saturated carbocycles. The van der Waals surface area contributed by atoms with Crippen molar-refractivity contribution >= 4 is 11.8 Å². The van der Waals surface area contributed by atoms with E-state index in [-0.39, 0.29) is 17.9 Å². The third-order valence-corrected chi connectivity index (χ3v) is 4.38. The molecule has 2 heterocycles. The summed E-state index contributed by atoms with van der Waals surface area (Å²) in [6, 6.07) is 7.40. The standard InChI is InChI=1S/C17H22N6O2/c1-18-16(24)10-22-8-6-14(7-9-22)21-17(25)13-2-4-15(5-3-13)23-12-19-11-20-23/h2-5,11-12,14H,6-10H2,1H3,(H,18,24)(H,21,25). The van der Waals surface area contributed by atoms with E-state index in [2.05, 4.69) is 25.6 Å². The molecule has 0 radical (unpaired) electrons. The summed E-state index contributed by atoms with van der Waals surface area (Å²) in [6.45, 7) is 2.04. The highest BCUT2D eigenvalue weighted by Gasteiger charge is 2.22. The van der Waals surface area contributed by atoms with Crippen LogP contribution < -0.4 is 10.6 Å². The second kappa shape index (κ2) is 7.89. The summed E-state index contributed by atoms with van der Waals surface area (Å²) in [6.07, 6.45) is 4.78. The second-order valence-electron chi connectivity index (χ2n) is 6.08. The van der Waals surface area contributed by atoms with Gasteiger partial charge in [0.25, 0.3) is 5.91 Å². The maximum atomic E-state index is 12.4. The van der Waals surface area contributed by atoms with Crippen molar-refractivity contribution in [2.45, 2.75) is 18.9 Å². The summed E-state index contributed by atoms with van der Waals surface area (Å²) >= 11 is 0. The Morgan fingerprint density at radius 1 is 1.20 bits per heavy atom. The zero-order valence-corrected chi connectivity index (χ0v) is 14.2. The number of hydrogen-bond donors (Lipinski definition) is 2. The highest BCUT2D eigenvalue weighted by molar-refractivity contribution is 5.94. The highest BCUT2D eigenvalue weighted by Crippen LogP contribution is 2.12. The van der Waals surface area contributed by atoms with Gasteiger partial charge in [0.15, 0.2) is 0 Å². The van der Waals surface area contributed by atoms with Crippen molar-refractivity contribution in [3.05, 3.63) is 42.5 Å². The van der Waals surface area contributed by atoms with Crippen LogP contribution in [0.2, 0.25) is 0 Å². The molecule has 132 valence electrons. The predicted octanol–water partition coefficient (Wildman–Crippen LogP) is 0.208. The molecule has 0 spiro atoms. The van der Waals surface area contributed by atoms with Gasteiger partial charge in [0.05, 0.1) is 12.2 Å². The Balaban J connectivity index is 1.50. The Bertz CT molecular complexity index is 705. The van der Waals surface area contributed by atoms with Gasteiger partial charge in [-0.15, -0.1) is 0 Å². The predicted molar refractivity (Wildman–Crippen MR) is 92.4 cm³/mol. The second-order valence-corrected chi connectivity index (χ2v) is 6.08. The number of benzene rings is 1. The number of rotatable bonds is 5. The van der Waals surface area contributed by atoms with Crippen LogP contribution in [-0.2, 0) is 4.79 Å². The van der Waals surface area contributed by atoms with Crippen molar-refractivity contribution in [3.63, 3.8) is 0 Å². The van der Waals surface area contributed by atoms with E-state index < -0.39 is 0 Å². The van der Waals surface area contributed by atoms with Crippen LogP contribution in [-0.4, -0.2) is 64.2 Å². The number of nitrogens with one attached hydrogen (secondary N) is 2. The molecule has 2 amide bonds. The van der Waals surface area contributed by atoms with E-state index in [1.165, 1.54) is 6.33 Å². The smallest absolute Gasteiger partial charge is 0.251 e. The SMILES string of the molecule is CNC(=O)CN1CCC(NC(=O)c2ccc(-n3cncn3)cc2)CC1. The summed E-state index contributed by atoms with van der Waals surface area (Å²) in [5.41, 5.74) is 1.48. The van der Waals surface area contributed by atoms with Gasteiger partial charge in [-0.2, -0.15) is 5.10 Å². The highest BCUT2D eigenvalue weighted by atomic mass is 16.2. The molecule has 1 aliphatic rings. The van der Waals surface area contributed by atoms with Crippen molar-refractivity contribution in [1.29, 1.82) is 0 Å². The molecule has 2 N–H and O–H groups in total. The number of likely N-dealkylation sites (tertiary alicyclic amines) is 1. The molecular weight excluding hydrogens is 320 g/mol. The summed E-state index contributed by atoms with van der Waals surface area (Å²) in [4.78, 5) is 29.8. The first-order valence-corrected chi connectivity index (χ1v) is 8.34. The molecule has 0 atom stereocenters. The molecule has 1 aromatic carbocycles. The van der Waals surface area contributed by atoms with Gasteiger partial charge in [-0.25, -0.2) is 9.67 Å². The Morgan fingerprint density at radius 2 is 1.92 bits per heavy atom. The zero-order chi connectivity index (χ0) is 17.6. The lowest BCUT2D eigenvalue weighted by Crippen LogP contribution is -2.47. The Morgan fingerprint density at radius 3 is 2.52 bits per heavy atom. The van der Waals surface area contributed by atoms with Crippen LogP contribution in [0.5, 0.6) is 0 Å². The van der Waals surface area contributed by atoms with Crippen LogP contribution in [0, 0.1) is 0 Å². The molecule has 8 nitrogen and oxygen atoms in total. The molecule has 3 rings (SSSR count). The van der Waals surface area contributed by atoms with E-state index in [1.807, 2.05) is 12.1 Å². The van der Waals surface area contributed by atoms with E-state index in [4.69, 9.17) is 0 Å². The van der Waals surface area contributed by atoms with Crippen molar-refractivity contribution < 1.29 is 9.59 Å². The minimum Gasteiger partial charge on any atom is -0.358 e. The molecule has 1 fully saturated rings. The average Bonchev–Trinajstić information content (AvgIpc) is 3.18. The van der Waals surface area contributed by atoms with Gasteiger partial charge in [0.2, 0.25) is 5.91 Å². The summed E-state index contributed by atoms with van der Waals surface area (Å²) < 4.78 is 1.64. The monoisotopic (exact) mass is 342 g/mol. The lowest BCUT2D eigenvalue weighted by molar-refractivity contribution is -0.122. The molecule has 1 saturated heterocycles. The Hall–Kier alpha value is -2.74. The number of amides is 2. The Kier molecular flexibility index (Phi) is 5.39. The zero-order valence-electron chi connectivity index (χ0n) is 14.2. The first-order chi connectivity index (χ1) is 12.2. The van der Waals surface area contributed by atoms with Gasteiger partial charge in [-0.05, 0) is 37.1 Å². The van der Waals surface area contributed by atoms with Gasteiger partial charge < -0.3 is 10.6 Å². The van der Waals surface area contributed by atoms with Crippen LogP contribution in [0.4, 0.5) is 0 Å². The van der Waals surface area contributed by atoms with E-state index in [1.54, 1.807) is 30.2 Å². The molecule has 0 aliphatic carbocycles. The summed E-state index contributed by atoms with van der Waals surface area (Å²) in [5.74, 6) is -0.0511.